The second-order valence-electron chi connectivity index (χ2n) is 7.01. The van der Waals surface area contributed by atoms with Gasteiger partial charge in [0.2, 0.25) is 5.91 Å². The predicted octanol–water partition coefficient (Wildman–Crippen LogP) is 3.41. The maximum atomic E-state index is 13.2. The van der Waals surface area contributed by atoms with Crippen LogP contribution in [0.5, 0.6) is 0 Å². The van der Waals surface area contributed by atoms with Gasteiger partial charge in [0.25, 0.3) is 0 Å². The number of piperidine rings is 1. The number of carbonyl (C=O) groups excluding carboxylic acids is 1. The zero-order valence-electron chi connectivity index (χ0n) is 14.9. The van der Waals surface area contributed by atoms with E-state index in [2.05, 4.69) is 24.3 Å². The van der Waals surface area contributed by atoms with Crippen molar-refractivity contribution >= 4 is 11.9 Å². The van der Waals surface area contributed by atoms with Crippen molar-refractivity contribution in [2.75, 3.05) is 13.1 Å². The van der Waals surface area contributed by atoms with Crippen LogP contribution in [0.15, 0.2) is 60.7 Å². The van der Waals surface area contributed by atoms with Crippen LogP contribution in [0.1, 0.15) is 24.0 Å². The Labute approximate surface area is 154 Å². The zero-order valence-corrected chi connectivity index (χ0v) is 14.9. The molecule has 0 aliphatic carbocycles. The molecule has 26 heavy (non-hydrogen) atoms. The first-order chi connectivity index (χ1) is 12.6. The minimum Gasteiger partial charge on any atom is -0.481 e. The Kier molecular flexibility index (Phi) is 6.05. The van der Waals surface area contributed by atoms with Crippen molar-refractivity contribution in [1.29, 1.82) is 0 Å². The average molecular weight is 351 g/mol. The molecule has 1 aliphatic heterocycles. The van der Waals surface area contributed by atoms with Gasteiger partial charge in [-0.05, 0) is 36.8 Å². The molecule has 1 aliphatic rings. The Morgan fingerprint density at radius 2 is 1.35 bits per heavy atom. The largest absolute Gasteiger partial charge is 0.481 e. The molecule has 136 valence electrons. The van der Waals surface area contributed by atoms with Crippen LogP contribution in [0.4, 0.5) is 0 Å². The van der Waals surface area contributed by atoms with Gasteiger partial charge in [0.15, 0.2) is 0 Å². The fraction of sp³-hybridized carbons (Fsp3) is 0.364. The lowest BCUT2D eigenvalue weighted by Gasteiger charge is -2.33. The lowest BCUT2D eigenvalue weighted by atomic mass is 9.89. The topological polar surface area (TPSA) is 57.6 Å². The van der Waals surface area contributed by atoms with E-state index in [4.69, 9.17) is 5.11 Å². The Morgan fingerprint density at radius 3 is 1.77 bits per heavy atom. The van der Waals surface area contributed by atoms with Gasteiger partial charge in [-0.2, -0.15) is 0 Å². The molecule has 1 fully saturated rings. The molecule has 1 heterocycles. The lowest BCUT2D eigenvalue weighted by molar-refractivity contribution is -0.146. The fourth-order valence-corrected chi connectivity index (χ4v) is 3.65. The van der Waals surface area contributed by atoms with E-state index in [1.807, 2.05) is 41.3 Å². The second kappa shape index (κ2) is 8.65. The highest BCUT2D eigenvalue weighted by atomic mass is 16.4. The number of likely N-dealkylation sites (tertiary alicyclic amines) is 1. The Hall–Kier alpha value is -2.62. The molecule has 0 bridgehead atoms. The first-order valence-corrected chi connectivity index (χ1v) is 9.23. The number of aliphatic carboxylic acids is 1. The van der Waals surface area contributed by atoms with E-state index in [1.54, 1.807) is 0 Å². The maximum Gasteiger partial charge on any atom is 0.306 e. The summed E-state index contributed by atoms with van der Waals surface area (Å²) >= 11 is 0. The third-order valence-corrected chi connectivity index (χ3v) is 5.15. The summed E-state index contributed by atoms with van der Waals surface area (Å²) in [6.45, 7) is 1.08. The smallest absolute Gasteiger partial charge is 0.306 e. The van der Waals surface area contributed by atoms with Crippen molar-refractivity contribution in [3.63, 3.8) is 0 Å². The number of carboxylic acid groups (broad SMARTS) is 1. The molecule has 2 aromatic carbocycles. The number of hydrogen-bond acceptors (Lipinski definition) is 2. The first-order valence-electron chi connectivity index (χ1n) is 9.23. The second-order valence-corrected chi connectivity index (χ2v) is 7.01. The van der Waals surface area contributed by atoms with Gasteiger partial charge in [0.05, 0.1) is 5.92 Å². The molecule has 0 aromatic heterocycles. The summed E-state index contributed by atoms with van der Waals surface area (Å²) < 4.78 is 0. The van der Waals surface area contributed by atoms with Crippen LogP contribution in [-0.4, -0.2) is 35.0 Å². The normalized spacial score (nSPS) is 15.2. The van der Waals surface area contributed by atoms with Crippen molar-refractivity contribution < 1.29 is 14.7 Å². The zero-order chi connectivity index (χ0) is 18.4. The number of carbonyl (C=O) groups is 2. The molecular weight excluding hydrogens is 326 g/mol. The Bertz CT molecular complexity index is 680. The lowest BCUT2D eigenvalue weighted by Crippen LogP contribution is -2.44. The number of carboxylic acids is 1. The van der Waals surface area contributed by atoms with E-state index >= 15 is 0 Å². The molecule has 3 rings (SSSR count). The van der Waals surface area contributed by atoms with Gasteiger partial charge in [-0.15, -0.1) is 0 Å². The molecule has 2 aromatic rings. The summed E-state index contributed by atoms with van der Waals surface area (Å²) in [4.78, 5) is 26.2. The monoisotopic (exact) mass is 351 g/mol. The molecule has 0 spiro atoms. The van der Waals surface area contributed by atoms with Gasteiger partial charge >= 0.3 is 5.97 Å². The molecule has 1 N–H and O–H groups in total. The third kappa shape index (κ3) is 4.72. The molecule has 1 saturated heterocycles. The number of benzene rings is 2. The van der Waals surface area contributed by atoms with Crippen LogP contribution in [0, 0.1) is 11.8 Å². The van der Waals surface area contributed by atoms with E-state index in [0.29, 0.717) is 38.8 Å². The summed E-state index contributed by atoms with van der Waals surface area (Å²) in [5.41, 5.74) is 2.31. The van der Waals surface area contributed by atoms with Crippen molar-refractivity contribution in [2.24, 2.45) is 11.8 Å². The van der Waals surface area contributed by atoms with Gasteiger partial charge < -0.3 is 10.0 Å². The van der Waals surface area contributed by atoms with Gasteiger partial charge in [-0.25, -0.2) is 0 Å². The minimum absolute atomic E-state index is 0.124. The molecule has 4 heteroatoms. The van der Waals surface area contributed by atoms with Crippen molar-refractivity contribution in [2.45, 2.75) is 25.7 Å². The fourth-order valence-electron chi connectivity index (χ4n) is 3.65. The number of hydrogen-bond donors (Lipinski definition) is 1. The maximum absolute atomic E-state index is 13.2. The minimum atomic E-state index is -0.748. The third-order valence-electron chi connectivity index (χ3n) is 5.15. The van der Waals surface area contributed by atoms with Crippen molar-refractivity contribution in [1.82, 2.24) is 4.90 Å². The molecule has 1 amide bonds. The van der Waals surface area contributed by atoms with E-state index in [9.17, 15) is 9.59 Å². The Morgan fingerprint density at radius 1 is 0.885 bits per heavy atom. The van der Waals surface area contributed by atoms with Gasteiger partial charge in [0.1, 0.15) is 0 Å². The highest BCUT2D eigenvalue weighted by Crippen LogP contribution is 2.22. The predicted molar refractivity (Wildman–Crippen MR) is 101 cm³/mol. The van der Waals surface area contributed by atoms with E-state index in [1.165, 1.54) is 0 Å². The van der Waals surface area contributed by atoms with E-state index in [-0.39, 0.29) is 17.7 Å². The Balaban J connectivity index is 1.72. The van der Waals surface area contributed by atoms with Gasteiger partial charge in [0, 0.05) is 19.0 Å². The van der Waals surface area contributed by atoms with Crippen LogP contribution in [0.25, 0.3) is 0 Å². The highest BCUT2D eigenvalue weighted by Gasteiger charge is 2.30. The molecule has 0 atom stereocenters. The van der Waals surface area contributed by atoms with Crippen LogP contribution in [0.2, 0.25) is 0 Å². The standard InChI is InChI=1S/C22H25NO3/c24-21(23-13-11-19(12-14-23)22(25)26)20(15-17-7-3-1-4-8-17)16-18-9-5-2-6-10-18/h1-10,19-20H,11-16H2,(H,25,26). The SMILES string of the molecule is O=C(O)C1CCN(C(=O)C(Cc2ccccc2)Cc2ccccc2)CC1. The summed E-state index contributed by atoms with van der Waals surface area (Å²) in [5.74, 6) is -1.05. The van der Waals surface area contributed by atoms with Gasteiger partial charge in [-0.3, -0.25) is 9.59 Å². The number of rotatable bonds is 6. The van der Waals surface area contributed by atoms with E-state index in [0.717, 1.165) is 11.1 Å². The molecule has 0 unspecified atom stereocenters. The average Bonchev–Trinajstić information content (AvgIpc) is 2.68. The van der Waals surface area contributed by atoms with Crippen molar-refractivity contribution in [3.05, 3.63) is 71.8 Å². The molecule has 0 saturated carbocycles. The molecule has 4 nitrogen and oxygen atoms in total. The summed E-state index contributed by atoms with van der Waals surface area (Å²) in [6, 6.07) is 20.2. The molecule has 0 radical (unpaired) electrons. The number of amides is 1. The van der Waals surface area contributed by atoms with Crippen molar-refractivity contribution in [3.8, 4) is 0 Å². The first kappa shape index (κ1) is 18.2. The molecular formula is C22H25NO3. The summed E-state index contributed by atoms with van der Waals surface area (Å²) in [6.07, 6.45) is 2.50. The van der Waals surface area contributed by atoms with Crippen LogP contribution >= 0.6 is 0 Å². The summed E-state index contributed by atoms with van der Waals surface area (Å²) in [7, 11) is 0. The van der Waals surface area contributed by atoms with Crippen LogP contribution < -0.4 is 0 Å². The quantitative estimate of drug-likeness (QED) is 0.868. The summed E-state index contributed by atoms with van der Waals surface area (Å²) in [5, 5.41) is 9.16. The highest BCUT2D eigenvalue weighted by molar-refractivity contribution is 5.80. The number of nitrogens with zero attached hydrogens (tertiary/aromatic N) is 1. The van der Waals surface area contributed by atoms with Crippen LogP contribution in [-0.2, 0) is 22.4 Å². The van der Waals surface area contributed by atoms with E-state index < -0.39 is 5.97 Å². The van der Waals surface area contributed by atoms with Crippen LogP contribution in [0.3, 0.4) is 0 Å². The van der Waals surface area contributed by atoms with Gasteiger partial charge in [-0.1, -0.05) is 60.7 Å².